The van der Waals surface area contributed by atoms with Gasteiger partial charge in [-0.25, -0.2) is 17.5 Å². The number of aryl methyl sites for hydroxylation is 1. The van der Waals surface area contributed by atoms with Crippen LogP contribution in [0.1, 0.15) is 44.1 Å². The van der Waals surface area contributed by atoms with Crippen LogP contribution in [0.2, 0.25) is 0 Å². The van der Waals surface area contributed by atoms with Crippen LogP contribution in [-0.2, 0) is 19.6 Å². The predicted molar refractivity (Wildman–Crippen MR) is 94.6 cm³/mol. The summed E-state index contributed by atoms with van der Waals surface area (Å²) in [6.45, 7) is 1.62. The summed E-state index contributed by atoms with van der Waals surface area (Å²) < 4.78 is 46.0. The van der Waals surface area contributed by atoms with Crippen molar-refractivity contribution in [3.8, 4) is 0 Å². The molecule has 144 valence electrons. The van der Waals surface area contributed by atoms with Crippen LogP contribution in [0.15, 0.2) is 23.1 Å². The van der Waals surface area contributed by atoms with E-state index in [9.17, 15) is 17.6 Å². The number of amides is 1. The summed E-state index contributed by atoms with van der Waals surface area (Å²) in [6, 6.07) is 3.34. The Hall–Kier alpha value is -1.51. The molecule has 2 N–H and O–H groups in total. The smallest absolute Gasteiger partial charge is 0.241 e. The predicted octanol–water partition coefficient (Wildman–Crippen LogP) is 2.02. The van der Waals surface area contributed by atoms with Gasteiger partial charge < -0.3 is 10.1 Å². The van der Waals surface area contributed by atoms with Crippen LogP contribution in [0.3, 0.4) is 0 Å². The fourth-order valence-corrected chi connectivity index (χ4v) is 5.12. The van der Waals surface area contributed by atoms with Crippen LogP contribution in [0.4, 0.5) is 4.39 Å². The van der Waals surface area contributed by atoms with Crippen molar-refractivity contribution in [2.45, 2.75) is 62.0 Å². The monoisotopic (exact) mass is 384 g/mol. The maximum absolute atomic E-state index is 13.1. The Kier molecular flexibility index (Phi) is 5.64. The summed E-state index contributed by atoms with van der Waals surface area (Å²) in [5.41, 5.74) is 0.183. The molecule has 1 saturated carbocycles. The van der Waals surface area contributed by atoms with E-state index in [1.54, 1.807) is 0 Å². The van der Waals surface area contributed by atoms with Crippen molar-refractivity contribution in [3.63, 3.8) is 0 Å². The van der Waals surface area contributed by atoms with Crippen LogP contribution in [0, 0.1) is 12.7 Å². The van der Waals surface area contributed by atoms with E-state index in [1.807, 2.05) is 0 Å². The highest BCUT2D eigenvalue weighted by molar-refractivity contribution is 7.89. The first-order valence-corrected chi connectivity index (χ1v) is 10.5. The summed E-state index contributed by atoms with van der Waals surface area (Å²) in [7, 11) is -3.87. The van der Waals surface area contributed by atoms with Gasteiger partial charge in [-0.05, 0) is 49.9 Å². The molecule has 1 aromatic carbocycles. The van der Waals surface area contributed by atoms with Crippen molar-refractivity contribution in [2.24, 2.45) is 0 Å². The van der Waals surface area contributed by atoms with Crippen LogP contribution in [0.25, 0.3) is 0 Å². The van der Waals surface area contributed by atoms with E-state index in [-0.39, 0.29) is 23.1 Å². The van der Waals surface area contributed by atoms with Crippen molar-refractivity contribution < 1.29 is 22.3 Å². The topological polar surface area (TPSA) is 84.5 Å². The van der Waals surface area contributed by atoms with Gasteiger partial charge >= 0.3 is 0 Å². The first-order chi connectivity index (χ1) is 12.3. The molecule has 2 aliphatic rings. The minimum atomic E-state index is -3.87. The molecule has 1 aromatic rings. The lowest BCUT2D eigenvalue weighted by molar-refractivity contribution is -0.120. The molecule has 1 spiro atoms. The molecule has 0 bridgehead atoms. The Morgan fingerprint density at radius 3 is 2.73 bits per heavy atom. The average Bonchev–Trinajstić information content (AvgIpc) is 2.95. The zero-order chi connectivity index (χ0) is 18.8. The van der Waals surface area contributed by atoms with Gasteiger partial charge in [0.25, 0.3) is 0 Å². The van der Waals surface area contributed by atoms with Crippen molar-refractivity contribution >= 4 is 15.9 Å². The molecule has 0 radical (unpaired) electrons. The molecule has 1 heterocycles. The standard InChI is InChI=1S/C18H25FN2O4S/c1-13-9-14(19)5-6-16(13)26(23,24)20-11-17(22)21-15-10-18(25-12-15)7-3-2-4-8-18/h5-6,9,15,20H,2-4,7-8,10-12H2,1H3,(H,21,22)/t15-/m1/s1. The van der Waals surface area contributed by atoms with E-state index in [1.165, 1.54) is 19.4 Å². The number of rotatable bonds is 5. The third kappa shape index (κ3) is 4.42. The summed E-state index contributed by atoms with van der Waals surface area (Å²) >= 11 is 0. The molecule has 1 saturated heterocycles. The van der Waals surface area contributed by atoms with Gasteiger partial charge in [-0.2, -0.15) is 0 Å². The molecule has 1 atom stereocenters. The molecule has 1 amide bonds. The molecule has 8 heteroatoms. The fourth-order valence-electron chi connectivity index (χ4n) is 3.91. The van der Waals surface area contributed by atoms with E-state index in [2.05, 4.69) is 10.0 Å². The second kappa shape index (κ2) is 7.62. The van der Waals surface area contributed by atoms with E-state index < -0.39 is 21.7 Å². The van der Waals surface area contributed by atoms with Crippen molar-refractivity contribution in [1.82, 2.24) is 10.0 Å². The minimum Gasteiger partial charge on any atom is -0.373 e. The zero-order valence-corrected chi connectivity index (χ0v) is 15.7. The number of nitrogens with one attached hydrogen (secondary N) is 2. The van der Waals surface area contributed by atoms with Gasteiger partial charge in [0.15, 0.2) is 0 Å². The molecular formula is C18H25FN2O4S. The quantitative estimate of drug-likeness (QED) is 0.813. The highest BCUT2D eigenvalue weighted by Crippen LogP contribution is 2.39. The molecule has 0 aromatic heterocycles. The summed E-state index contributed by atoms with van der Waals surface area (Å²) in [6.07, 6.45) is 6.36. The third-order valence-electron chi connectivity index (χ3n) is 5.19. The van der Waals surface area contributed by atoms with E-state index >= 15 is 0 Å². The highest BCUT2D eigenvalue weighted by atomic mass is 32.2. The van der Waals surface area contributed by atoms with Crippen LogP contribution >= 0.6 is 0 Å². The number of benzene rings is 1. The van der Waals surface area contributed by atoms with Gasteiger partial charge in [-0.15, -0.1) is 0 Å². The van der Waals surface area contributed by atoms with Crippen LogP contribution < -0.4 is 10.0 Å². The van der Waals surface area contributed by atoms with Crippen molar-refractivity contribution in [3.05, 3.63) is 29.6 Å². The maximum Gasteiger partial charge on any atom is 0.241 e. The SMILES string of the molecule is Cc1cc(F)ccc1S(=O)(=O)NCC(=O)N[C@H]1COC2(CCCCC2)C1. The highest BCUT2D eigenvalue weighted by Gasteiger charge is 2.41. The number of carbonyl (C=O) groups is 1. The minimum absolute atomic E-state index is 0.0305. The Bertz CT molecular complexity index is 775. The van der Waals surface area contributed by atoms with Crippen molar-refractivity contribution in [2.75, 3.05) is 13.2 Å². The third-order valence-corrected chi connectivity index (χ3v) is 6.75. The van der Waals surface area contributed by atoms with Gasteiger partial charge in [0.2, 0.25) is 15.9 Å². The number of ether oxygens (including phenoxy) is 1. The summed E-state index contributed by atoms with van der Waals surface area (Å²) in [4.78, 5) is 12.1. The molecule has 1 aliphatic heterocycles. The molecule has 3 rings (SSSR count). The Morgan fingerprint density at radius 1 is 1.31 bits per heavy atom. The van der Waals surface area contributed by atoms with Gasteiger partial charge in [-0.1, -0.05) is 19.3 Å². The molecule has 0 unspecified atom stereocenters. The average molecular weight is 384 g/mol. The Morgan fingerprint density at radius 2 is 2.04 bits per heavy atom. The van der Waals surface area contributed by atoms with E-state index in [4.69, 9.17) is 4.74 Å². The molecular weight excluding hydrogens is 359 g/mol. The van der Waals surface area contributed by atoms with Gasteiger partial charge in [0, 0.05) is 0 Å². The summed E-state index contributed by atoms with van der Waals surface area (Å²) in [5.74, 6) is -0.896. The van der Waals surface area contributed by atoms with E-state index in [0.29, 0.717) is 12.2 Å². The molecule has 6 nitrogen and oxygen atoms in total. The fraction of sp³-hybridized carbons (Fsp3) is 0.611. The Labute approximate surface area is 153 Å². The lowest BCUT2D eigenvalue weighted by Gasteiger charge is -2.32. The zero-order valence-electron chi connectivity index (χ0n) is 14.9. The molecule has 2 fully saturated rings. The maximum atomic E-state index is 13.1. The number of hydrogen-bond acceptors (Lipinski definition) is 4. The first-order valence-electron chi connectivity index (χ1n) is 8.99. The second-order valence-electron chi connectivity index (χ2n) is 7.26. The van der Waals surface area contributed by atoms with Gasteiger partial charge in [0.1, 0.15) is 5.82 Å². The van der Waals surface area contributed by atoms with Crippen LogP contribution in [-0.4, -0.2) is 39.1 Å². The van der Waals surface area contributed by atoms with E-state index in [0.717, 1.165) is 44.2 Å². The normalized spacial score (nSPS) is 22.5. The van der Waals surface area contributed by atoms with Crippen LogP contribution in [0.5, 0.6) is 0 Å². The number of sulfonamides is 1. The number of hydrogen-bond donors (Lipinski definition) is 2. The van der Waals surface area contributed by atoms with Crippen molar-refractivity contribution in [1.29, 1.82) is 0 Å². The lowest BCUT2D eigenvalue weighted by Crippen LogP contribution is -2.43. The number of carbonyl (C=O) groups excluding carboxylic acids is 1. The van der Waals surface area contributed by atoms with Gasteiger partial charge in [-0.3, -0.25) is 4.79 Å². The number of halogens is 1. The Balaban J connectivity index is 1.52. The first kappa shape index (κ1) is 19.3. The molecule has 26 heavy (non-hydrogen) atoms. The summed E-state index contributed by atoms with van der Waals surface area (Å²) in [5, 5.41) is 2.85. The van der Waals surface area contributed by atoms with Gasteiger partial charge in [0.05, 0.1) is 29.7 Å². The largest absolute Gasteiger partial charge is 0.373 e. The second-order valence-corrected chi connectivity index (χ2v) is 8.99. The molecule has 1 aliphatic carbocycles. The lowest BCUT2D eigenvalue weighted by atomic mass is 9.82.